The Balaban J connectivity index is 2.21. The lowest BCUT2D eigenvalue weighted by Crippen LogP contribution is -2.47. The summed E-state index contributed by atoms with van der Waals surface area (Å²) < 4.78 is 3.01. The van der Waals surface area contributed by atoms with Crippen LogP contribution in [0.2, 0.25) is 0 Å². The zero-order chi connectivity index (χ0) is 14.7. The second-order valence-corrected chi connectivity index (χ2v) is 6.64. The van der Waals surface area contributed by atoms with Gasteiger partial charge in [0.05, 0.1) is 0 Å². The van der Waals surface area contributed by atoms with E-state index in [9.17, 15) is 4.79 Å². The summed E-state index contributed by atoms with van der Waals surface area (Å²) in [4.78, 5) is 14.8. The summed E-state index contributed by atoms with van der Waals surface area (Å²) in [6.45, 7) is 6.57. The van der Waals surface area contributed by atoms with Gasteiger partial charge in [-0.05, 0) is 60.6 Å². The van der Waals surface area contributed by atoms with Crippen molar-refractivity contribution in [2.45, 2.75) is 45.7 Å². The van der Waals surface area contributed by atoms with Crippen LogP contribution in [0.4, 0.5) is 0 Å². The Bertz CT molecular complexity index is 472. The number of nitrogens with zero attached hydrogens (tertiary/aromatic N) is 2. The molecule has 2 heterocycles. The minimum Gasteiger partial charge on any atom is -0.342 e. The van der Waals surface area contributed by atoms with E-state index in [1.165, 1.54) is 0 Å². The Morgan fingerprint density at radius 1 is 1.50 bits per heavy atom. The smallest absolute Gasteiger partial charge is 0.270 e. The maximum atomic E-state index is 12.8. The third-order valence-corrected chi connectivity index (χ3v) is 4.55. The molecule has 0 bridgehead atoms. The first-order chi connectivity index (χ1) is 9.56. The topological polar surface area (TPSA) is 51.3 Å². The number of aryl methyl sites for hydroxylation is 1. The normalized spacial score (nSPS) is 23.1. The number of aromatic nitrogens is 1. The zero-order valence-electron chi connectivity index (χ0n) is 12.3. The van der Waals surface area contributed by atoms with Gasteiger partial charge in [0.25, 0.3) is 5.91 Å². The molecular formula is C15H24BrN3O. The van der Waals surface area contributed by atoms with Crippen molar-refractivity contribution in [3.63, 3.8) is 0 Å². The van der Waals surface area contributed by atoms with Crippen molar-refractivity contribution in [2.75, 3.05) is 13.1 Å². The highest BCUT2D eigenvalue weighted by Gasteiger charge is 2.30. The number of hydrogen-bond donors (Lipinski definition) is 1. The number of carbonyl (C=O) groups is 1. The summed E-state index contributed by atoms with van der Waals surface area (Å²) in [6, 6.07) is 2.23. The lowest BCUT2D eigenvalue weighted by atomic mass is 9.93. The number of rotatable bonds is 4. The van der Waals surface area contributed by atoms with Crippen molar-refractivity contribution in [1.82, 2.24) is 9.47 Å². The SMILES string of the molecule is CCCn1cc(Br)cc1C(=O)N1CC(CN)CCC1C. The van der Waals surface area contributed by atoms with Gasteiger partial charge >= 0.3 is 0 Å². The number of likely N-dealkylation sites (tertiary alicyclic amines) is 1. The second-order valence-electron chi connectivity index (χ2n) is 5.72. The van der Waals surface area contributed by atoms with Crippen LogP contribution in [0.5, 0.6) is 0 Å². The van der Waals surface area contributed by atoms with Crippen LogP contribution in [0.1, 0.15) is 43.6 Å². The quantitative estimate of drug-likeness (QED) is 0.915. The fraction of sp³-hybridized carbons (Fsp3) is 0.667. The maximum absolute atomic E-state index is 12.8. The summed E-state index contributed by atoms with van der Waals surface area (Å²) in [5, 5.41) is 0. The minimum absolute atomic E-state index is 0.134. The minimum atomic E-state index is 0.134. The lowest BCUT2D eigenvalue weighted by molar-refractivity contribution is 0.0556. The van der Waals surface area contributed by atoms with Crippen LogP contribution >= 0.6 is 15.9 Å². The van der Waals surface area contributed by atoms with Crippen LogP contribution in [0.3, 0.4) is 0 Å². The van der Waals surface area contributed by atoms with Crippen LogP contribution in [-0.4, -0.2) is 34.5 Å². The molecule has 2 unspecified atom stereocenters. The molecule has 1 aromatic rings. The molecule has 1 saturated heterocycles. The molecular weight excluding hydrogens is 318 g/mol. The maximum Gasteiger partial charge on any atom is 0.270 e. The van der Waals surface area contributed by atoms with Crippen LogP contribution in [0.15, 0.2) is 16.7 Å². The van der Waals surface area contributed by atoms with Gasteiger partial charge < -0.3 is 15.2 Å². The highest BCUT2D eigenvalue weighted by molar-refractivity contribution is 9.10. The van der Waals surface area contributed by atoms with Crippen molar-refractivity contribution >= 4 is 21.8 Å². The van der Waals surface area contributed by atoms with E-state index in [0.717, 1.165) is 42.5 Å². The molecule has 2 rings (SSSR count). The standard InChI is InChI=1S/C15H24BrN3O/c1-3-6-18-10-13(16)7-14(18)15(20)19-9-12(8-17)5-4-11(19)2/h7,10-12H,3-6,8-9,17H2,1-2H3. The van der Waals surface area contributed by atoms with E-state index in [1.807, 2.05) is 21.7 Å². The Hall–Kier alpha value is -0.810. The Morgan fingerprint density at radius 2 is 2.25 bits per heavy atom. The van der Waals surface area contributed by atoms with E-state index in [1.54, 1.807) is 0 Å². The van der Waals surface area contributed by atoms with Crippen LogP contribution in [0.25, 0.3) is 0 Å². The van der Waals surface area contributed by atoms with Gasteiger partial charge in [-0.25, -0.2) is 0 Å². The van der Waals surface area contributed by atoms with E-state index in [-0.39, 0.29) is 5.91 Å². The summed E-state index contributed by atoms with van der Waals surface area (Å²) in [5.74, 6) is 0.572. The van der Waals surface area contributed by atoms with Crippen molar-refractivity contribution in [2.24, 2.45) is 11.7 Å². The summed E-state index contributed by atoms with van der Waals surface area (Å²) in [6.07, 6.45) is 5.18. The van der Waals surface area contributed by atoms with E-state index < -0.39 is 0 Å². The van der Waals surface area contributed by atoms with E-state index >= 15 is 0 Å². The molecule has 112 valence electrons. The van der Waals surface area contributed by atoms with Gasteiger partial charge in [-0.1, -0.05) is 6.92 Å². The largest absolute Gasteiger partial charge is 0.342 e. The molecule has 0 aliphatic carbocycles. The molecule has 20 heavy (non-hydrogen) atoms. The van der Waals surface area contributed by atoms with Gasteiger partial charge in [-0.15, -0.1) is 0 Å². The molecule has 5 heteroatoms. The van der Waals surface area contributed by atoms with Gasteiger partial charge in [-0.2, -0.15) is 0 Å². The number of carbonyl (C=O) groups excluding carboxylic acids is 1. The van der Waals surface area contributed by atoms with Gasteiger partial charge in [0, 0.05) is 29.8 Å². The molecule has 0 aromatic carbocycles. The second kappa shape index (κ2) is 6.76. The lowest BCUT2D eigenvalue weighted by Gasteiger charge is -2.37. The van der Waals surface area contributed by atoms with E-state index in [2.05, 4.69) is 29.8 Å². The first-order valence-electron chi connectivity index (χ1n) is 7.43. The number of nitrogens with two attached hydrogens (primary N) is 1. The number of piperidine rings is 1. The fourth-order valence-corrected chi connectivity index (χ4v) is 3.35. The van der Waals surface area contributed by atoms with Crippen LogP contribution < -0.4 is 5.73 Å². The Labute approximate surface area is 129 Å². The summed E-state index contributed by atoms with van der Waals surface area (Å²) in [5.41, 5.74) is 6.56. The zero-order valence-corrected chi connectivity index (χ0v) is 13.9. The first kappa shape index (κ1) is 15.6. The molecule has 4 nitrogen and oxygen atoms in total. The summed E-state index contributed by atoms with van der Waals surface area (Å²) in [7, 11) is 0. The third kappa shape index (κ3) is 3.26. The summed E-state index contributed by atoms with van der Waals surface area (Å²) >= 11 is 3.47. The molecule has 1 aliphatic rings. The Kier molecular flexibility index (Phi) is 5.27. The molecule has 0 saturated carbocycles. The first-order valence-corrected chi connectivity index (χ1v) is 8.22. The van der Waals surface area contributed by atoms with E-state index in [4.69, 9.17) is 5.73 Å². The number of halogens is 1. The average molecular weight is 342 g/mol. The highest BCUT2D eigenvalue weighted by Crippen LogP contribution is 2.25. The van der Waals surface area contributed by atoms with Gasteiger partial charge in [-0.3, -0.25) is 4.79 Å². The van der Waals surface area contributed by atoms with Gasteiger partial charge in [0.2, 0.25) is 0 Å². The fourth-order valence-electron chi connectivity index (χ4n) is 2.88. The number of hydrogen-bond acceptors (Lipinski definition) is 2. The van der Waals surface area contributed by atoms with Crippen LogP contribution in [-0.2, 0) is 6.54 Å². The molecule has 1 fully saturated rings. The molecule has 0 radical (unpaired) electrons. The van der Waals surface area contributed by atoms with Crippen molar-refractivity contribution in [3.05, 3.63) is 22.4 Å². The van der Waals surface area contributed by atoms with Crippen molar-refractivity contribution < 1.29 is 4.79 Å². The predicted molar refractivity (Wildman–Crippen MR) is 84.7 cm³/mol. The van der Waals surface area contributed by atoms with Crippen molar-refractivity contribution in [3.8, 4) is 0 Å². The number of amides is 1. The van der Waals surface area contributed by atoms with Crippen LogP contribution in [0, 0.1) is 5.92 Å². The van der Waals surface area contributed by atoms with Gasteiger partial charge in [0.15, 0.2) is 0 Å². The van der Waals surface area contributed by atoms with E-state index in [0.29, 0.717) is 18.5 Å². The molecule has 0 spiro atoms. The average Bonchev–Trinajstić information content (AvgIpc) is 2.80. The molecule has 1 amide bonds. The molecule has 1 aliphatic heterocycles. The van der Waals surface area contributed by atoms with Gasteiger partial charge in [0.1, 0.15) is 5.69 Å². The molecule has 2 N–H and O–H groups in total. The van der Waals surface area contributed by atoms with Crippen molar-refractivity contribution in [1.29, 1.82) is 0 Å². The Morgan fingerprint density at radius 3 is 2.90 bits per heavy atom. The third-order valence-electron chi connectivity index (χ3n) is 4.12. The highest BCUT2D eigenvalue weighted by atomic mass is 79.9. The molecule has 2 atom stereocenters. The monoisotopic (exact) mass is 341 g/mol. The molecule has 1 aromatic heterocycles. The predicted octanol–water partition coefficient (Wildman–Crippen LogP) is 2.86.